The minimum atomic E-state index is -3.55. The van der Waals surface area contributed by atoms with Crippen molar-refractivity contribution in [2.75, 3.05) is 46.5 Å². The lowest BCUT2D eigenvalue weighted by atomic mass is 10.1. The zero-order valence-electron chi connectivity index (χ0n) is 15.4. The van der Waals surface area contributed by atoms with Gasteiger partial charge in [-0.05, 0) is 50.2 Å². The quantitative estimate of drug-likeness (QED) is 0.613. The Kier molecular flexibility index (Phi) is 8.69. The van der Waals surface area contributed by atoms with E-state index in [0.29, 0.717) is 24.5 Å². The monoisotopic (exact) mass is 358 g/mol. The number of hydrogen-bond acceptors (Lipinski definition) is 5. The summed E-state index contributed by atoms with van der Waals surface area (Å²) < 4.78 is 38.2. The zero-order valence-corrected chi connectivity index (χ0v) is 16.2. The fourth-order valence-electron chi connectivity index (χ4n) is 2.43. The molecule has 0 amide bonds. The minimum absolute atomic E-state index is 0.255. The molecule has 0 aromatic heterocycles. The number of methoxy groups -OCH3 is 1. The predicted molar refractivity (Wildman–Crippen MR) is 96.3 cm³/mol. The minimum Gasteiger partial charge on any atom is -0.496 e. The molecule has 0 aliphatic carbocycles. The molecule has 1 N–H and O–H groups in total. The molecule has 0 atom stereocenters. The number of aryl methyl sites for hydroxylation is 2. The predicted octanol–water partition coefficient (Wildman–Crippen LogP) is 1.95. The van der Waals surface area contributed by atoms with Gasteiger partial charge in [-0.1, -0.05) is 13.8 Å². The van der Waals surface area contributed by atoms with Gasteiger partial charge >= 0.3 is 0 Å². The standard InChI is InChI=1S/C17H30N2O4S/c1-6-19(7-2)9-11-23-10-8-18-24(20,21)17-13-14(3)16(22-5)12-15(17)4/h12-13,18H,6-11H2,1-5H3. The van der Waals surface area contributed by atoms with Gasteiger partial charge < -0.3 is 14.4 Å². The number of ether oxygens (including phenoxy) is 2. The average molecular weight is 359 g/mol. The Morgan fingerprint density at radius 3 is 2.33 bits per heavy atom. The van der Waals surface area contributed by atoms with Crippen LogP contribution in [0.3, 0.4) is 0 Å². The molecular weight excluding hydrogens is 328 g/mol. The fourth-order valence-corrected chi connectivity index (χ4v) is 3.76. The maximum absolute atomic E-state index is 12.4. The van der Waals surface area contributed by atoms with Crippen LogP contribution < -0.4 is 9.46 Å². The molecule has 0 aliphatic heterocycles. The van der Waals surface area contributed by atoms with Crippen LogP contribution in [-0.2, 0) is 14.8 Å². The van der Waals surface area contributed by atoms with E-state index in [-0.39, 0.29) is 11.4 Å². The third-order valence-corrected chi connectivity index (χ3v) is 5.57. The molecule has 0 heterocycles. The van der Waals surface area contributed by atoms with E-state index in [2.05, 4.69) is 23.5 Å². The number of likely N-dealkylation sites (N-methyl/N-ethyl adjacent to an activating group) is 1. The van der Waals surface area contributed by atoms with Crippen LogP contribution in [0, 0.1) is 13.8 Å². The lowest BCUT2D eigenvalue weighted by molar-refractivity contribution is 0.111. The maximum atomic E-state index is 12.4. The van der Waals surface area contributed by atoms with Crippen molar-refractivity contribution in [1.82, 2.24) is 9.62 Å². The van der Waals surface area contributed by atoms with E-state index in [9.17, 15) is 8.42 Å². The number of sulfonamides is 1. The Morgan fingerprint density at radius 2 is 1.75 bits per heavy atom. The van der Waals surface area contributed by atoms with Gasteiger partial charge in [0, 0.05) is 13.1 Å². The zero-order chi connectivity index (χ0) is 18.2. The van der Waals surface area contributed by atoms with Crippen molar-refractivity contribution < 1.29 is 17.9 Å². The highest BCUT2D eigenvalue weighted by Crippen LogP contribution is 2.25. The summed E-state index contributed by atoms with van der Waals surface area (Å²) in [6.45, 7) is 11.9. The van der Waals surface area contributed by atoms with Crippen molar-refractivity contribution in [3.8, 4) is 5.75 Å². The van der Waals surface area contributed by atoms with Crippen molar-refractivity contribution in [2.24, 2.45) is 0 Å². The Morgan fingerprint density at radius 1 is 1.08 bits per heavy atom. The molecule has 24 heavy (non-hydrogen) atoms. The molecular formula is C17H30N2O4S. The van der Waals surface area contributed by atoms with Crippen molar-refractivity contribution in [3.05, 3.63) is 23.3 Å². The number of hydrogen-bond donors (Lipinski definition) is 1. The van der Waals surface area contributed by atoms with Crippen LogP contribution in [0.5, 0.6) is 5.75 Å². The molecule has 0 fully saturated rings. The van der Waals surface area contributed by atoms with Gasteiger partial charge in [-0.2, -0.15) is 0 Å². The van der Waals surface area contributed by atoms with Gasteiger partial charge in [0.05, 0.1) is 25.2 Å². The normalized spacial score (nSPS) is 11.9. The highest BCUT2D eigenvalue weighted by Gasteiger charge is 2.18. The molecule has 0 radical (unpaired) electrons. The first-order valence-electron chi connectivity index (χ1n) is 8.30. The summed E-state index contributed by atoms with van der Waals surface area (Å²) >= 11 is 0. The highest BCUT2D eigenvalue weighted by molar-refractivity contribution is 7.89. The fraction of sp³-hybridized carbons (Fsp3) is 0.647. The van der Waals surface area contributed by atoms with Gasteiger partial charge in [-0.15, -0.1) is 0 Å². The van der Waals surface area contributed by atoms with E-state index in [1.165, 1.54) is 0 Å². The summed E-state index contributed by atoms with van der Waals surface area (Å²) in [5.74, 6) is 0.686. The molecule has 1 aromatic carbocycles. The first kappa shape index (κ1) is 20.9. The summed E-state index contributed by atoms with van der Waals surface area (Å²) in [6.07, 6.45) is 0. The van der Waals surface area contributed by atoms with Crippen LogP contribution in [0.4, 0.5) is 0 Å². The summed E-state index contributed by atoms with van der Waals surface area (Å²) in [5.41, 5.74) is 1.45. The van der Waals surface area contributed by atoms with Gasteiger partial charge in [0.25, 0.3) is 0 Å². The van der Waals surface area contributed by atoms with Gasteiger partial charge in [-0.25, -0.2) is 13.1 Å². The van der Waals surface area contributed by atoms with Crippen LogP contribution in [0.1, 0.15) is 25.0 Å². The second-order valence-corrected chi connectivity index (χ2v) is 7.36. The maximum Gasteiger partial charge on any atom is 0.240 e. The average Bonchev–Trinajstić information content (AvgIpc) is 2.55. The number of nitrogens with one attached hydrogen (secondary N) is 1. The largest absolute Gasteiger partial charge is 0.496 e. The SMILES string of the molecule is CCN(CC)CCOCCNS(=O)(=O)c1cc(C)c(OC)cc1C. The first-order valence-corrected chi connectivity index (χ1v) is 9.79. The summed E-state index contributed by atoms with van der Waals surface area (Å²) in [4.78, 5) is 2.54. The molecule has 1 rings (SSSR count). The molecule has 1 aromatic rings. The highest BCUT2D eigenvalue weighted by atomic mass is 32.2. The van der Waals surface area contributed by atoms with E-state index in [1.54, 1.807) is 26.2 Å². The van der Waals surface area contributed by atoms with Crippen LogP contribution in [0.15, 0.2) is 17.0 Å². The Labute approximate surface area is 146 Å². The second-order valence-electron chi connectivity index (χ2n) is 5.62. The van der Waals surface area contributed by atoms with Crippen LogP contribution in [0.25, 0.3) is 0 Å². The molecule has 0 aliphatic rings. The van der Waals surface area contributed by atoms with E-state index in [0.717, 1.165) is 25.2 Å². The molecule has 0 saturated heterocycles. The number of nitrogens with zero attached hydrogens (tertiary/aromatic N) is 1. The van der Waals surface area contributed by atoms with Crippen LogP contribution in [0.2, 0.25) is 0 Å². The molecule has 0 spiro atoms. The summed E-state index contributed by atoms with van der Waals surface area (Å²) in [5, 5.41) is 0. The molecule has 138 valence electrons. The third kappa shape index (κ3) is 6.05. The smallest absolute Gasteiger partial charge is 0.240 e. The van der Waals surface area contributed by atoms with Crippen molar-refractivity contribution in [1.29, 1.82) is 0 Å². The Balaban J connectivity index is 2.52. The molecule has 0 bridgehead atoms. The molecule has 7 heteroatoms. The van der Waals surface area contributed by atoms with E-state index in [4.69, 9.17) is 9.47 Å². The lowest BCUT2D eigenvalue weighted by Crippen LogP contribution is -2.30. The Hall–Kier alpha value is -1.15. The van der Waals surface area contributed by atoms with Crippen LogP contribution >= 0.6 is 0 Å². The van der Waals surface area contributed by atoms with Crippen molar-refractivity contribution in [3.63, 3.8) is 0 Å². The van der Waals surface area contributed by atoms with Crippen molar-refractivity contribution in [2.45, 2.75) is 32.6 Å². The number of rotatable bonds is 11. The van der Waals surface area contributed by atoms with E-state index in [1.807, 2.05) is 6.92 Å². The topological polar surface area (TPSA) is 67.9 Å². The van der Waals surface area contributed by atoms with Crippen LogP contribution in [-0.4, -0.2) is 59.8 Å². The lowest BCUT2D eigenvalue weighted by Gasteiger charge is -2.17. The second kappa shape index (κ2) is 9.98. The molecule has 6 nitrogen and oxygen atoms in total. The van der Waals surface area contributed by atoms with Gasteiger partial charge in [-0.3, -0.25) is 0 Å². The van der Waals surface area contributed by atoms with Gasteiger partial charge in [0.15, 0.2) is 0 Å². The number of benzene rings is 1. The first-order chi connectivity index (χ1) is 11.4. The van der Waals surface area contributed by atoms with Gasteiger partial charge in [0.1, 0.15) is 5.75 Å². The van der Waals surface area contributed by atoms with Gasteiger partial charge in [0.2, 0.25) is 10.0 Å². The molecule has 0 unspecified atom stereocenters. The molecule has 0 saturated carbocycles. The summed E-state index contributed by atoms with van der Waals surface area (Å²) in [6, 6.07) is 3.38. The summed E-state index contributed by atoms with van der Waals surface area (Å²) in [7, 11) is -1.97. The van der Waals surface area contributed by atoms with E-state index < -0.39 is 10.0 Å². The third-order valence-electron chi connectivity index (χ3n) is 3.97. The van der Waals surface area contributed by atoms with E-state index >= 15 is 0 Å². The van der Waals surface area contributed by atoms with Crippen molar-refractivity contribution >= 4 is 10.0 Å². The Bertz CT molecular complexity index is 613.